The lowest BCUT2D eigenvalue weighted by Crippen LogP contribution is -2.32. The smallest absolute Gasteiger partial charge is 0.226 e. The van der Waals surface area contributed by atoms with Gasteiger partial charge in [0.1, 0.15) is 17.6 Å². The number of hydrogen-bond donors (Lipinski definition) is 2. The molecule has 6 nitrogen and oxygen atoms in total. The van der Waals surface area contributed by atoms with Gasteiger partial charge < -0.3 is 20.0 Å². The molecule has 2 aromatic carbocycles. The molecule has 1 amide bonds. The molecule has 1 fully saturated rings. The summed E-state index contributed by atoms with van der Waals surface area (Å²) in [6, 6.07) is 24.4. The second-order valence-corrected chi connectivity index (χ2v) is 9.47. The maximum atomic E-state index is 12.7. The van der Waals surface area contributed by atoms with Gasteiger partial charge in [0.25, 0.3) is 0 Å². The molecule has 3 heterocycles. The number of nitrogens with one attached hydrogen (secondary N) is 2. The monoisotopic (exact) mass is 516 g/mol. The van der Waals surface area contributed by atoms with Crippen molar-refractivity contribution < 1.29 is 9.21 Å². The summed E-state index contributed by atoms with van der Waals surface area (Å²) < 4.78 is 6.39. The van der Waals surface area contributed by atoms with E-state index in [2.05, 4.69) is 15.6 Å². The second-order valence-electron chi connectivity index (χ2n) is 8.65. The summed E-state index contributed by atoms with van der Waals surface area (Å²) in [6.07, 6.45) is 2.03. The van der Waals surface area contributed by atoms with Crippen molar-refractivity contribution in [3.05, 3.63) is 107 Å². The van der Waals surface area contributed by atoms with Crippen LogP contribution in [0.15, 0.2) is 89.5 Å². The first kappa shape index (κ1) is 24.0. The van der Waals surface area contributed by atoms with Gasteiger partial charge in [-0.15, -0.1) is 0 Å². The van der Waals surface area contributed by atoms with Crippen molar-refractivity contribution in [3.63, 3.8) is 0 Å². The number of aryl methyl sites for hydroxylation is 1. The number of para-hydroxylation sites is 1. The highest BCUT2D eigenvalue weighted by Crippen LogP contribution is 2.41. The molecule has 4 aromatic rings. The number of benzene rings is 2. The van der Waals surface area contributed by atoms with E-state index in [1.165, 1.54) is 0 Å². The summed E-state index contributed by atoms with van der Waals surface area (Å²) >= 11 is 12.0. The first-order chi connectivity index (χ1) is 17.5. The van der Waals surface area contributed by atoms with E-state index in [1.54, 1.807) is 6.20 Å². The maximum absolute atomic E-state index is 12.7. The molecule has 5 rings (SSSR count). The predicted molar refractivity (Wildman–Crippen MR) is 146 cm³/mol. The van der Waals surface area contributed by atoms with E-state index in [0.29, 0.717) is 16.7 Å². The number of halogens is 1. The molecule has 2 N–H and O–H groups in total. The van der Waals surface area contributed by atoms with Crippen LogP contribution in [0.25, 0.3) is 11.3 Å². The van der Waals surface area contributed by atoms with Gasteiger partial charge in [-0.1, -0.05) is 41.9 Å². The van der Waals surface area contributed by atoms with Crippen LogP contribution in [0.2, 0.25) is 5.02 Å². The molecular weight excluding hydrogens is 492 g/mol. The normalized spacial score (nSPS) is 17.2. The van der Waals surface area contributed by atoms with Crippen LogP contribution in [0.5, 0.6) is 0 Å². The van der Waals surface area contributed by atoms with E-state index in [4.69, 9.17) is 28.2 Å². The Morgan fingerprint density at radius 3 is 2.69 bits per heavy atom. The maximum Gasteiger partial charge on any atom is 0.226 e. The highest BCUT2D eigenvalue weighted by Gasteiger charge is 2.41. The van der Waals surface area contributed by atoms with Crippen LogP contribution < -0.4 is 10.6 Å². The minimum atomic E-state index is -0.273. The summed E-state index contributed by atoms with van der Waals surface area (Å²) in [6.45, 7) is 2.44. The zero-order valence-corrected chi connectivity index (χ0v) is 21.2. The van der Waals surface area contributed by atoms with E-state index < -0.39 is 0 Å². The Morgan fingerprint density at radius 1 is 1.11 bits per heavy atom. The third-order valence-electron chi connectivity index (χ3n) is 6.22. The Kier molecular flexibility index (Phi) is 7.02. The molecule has 0 spiro atoms. The summed E-state index contributed by atoms with van der Waals surface area (Å²) in [7, 11) is 0. The number of hydrogen-bond acceptors (Lipinski definition) is 4. The van der Waals surface area contributed by atoms with Crippen LogP contribution in [-0.2, 0) is 4.79 Å². The number of rotatable bonds is 7. The Balaban J connectivity index is 1.42. The summed E-state index contributed by atoms with van der Waals surface area (Å²) in [4.78, 5) is 19.2. The second kappa shape index (κ2) is 10.5. The number of pyridine rings is 1. The van der Waals surface area contributed by atoms with E-state index in [1.807, 2.05) is 90.7 Å². The van der Waals surface area contributed by atoms with Crippen molar-refractivity contribution in [1.82, 2.24) is 15.2 Å². The quantitative estimate of drug-likeness (QED) is 0.281. The van der Waals surface area contributed by atoms with Crippen LogP contribution in [0.4, 0.5) is 5.69 Å². The molecule has 182 valence electrons. The Morgan fingerprint density at radius 2 is 1.92 bits per heavy atom. The fraction of sp³-hybridized carbons (Fsp3) is 0.179. The van der Waals surface area contributed by atoms with Gasteiger partial charge in [0, 0.05) is 35.4 Å². The largest absolute Gasteiger partial charge is 0.459 e. The molecule has 1 saturated heterocycles. The lowest BCUT2D eigenvalue weighted by Gasteiger charge is -2.25. The first-order valence-electron chi connectivity index (χ1n) is 11.7. The van der Waals surface area contributed by atoms with Crippen LogP contribution in [0.3, 0.4) is 0 Å². The van der Waals surface area contributed by atoms with Gasteiger partial charge in [-0.3, -0.25) is 9.78 Å². The summed E-state index contributed by atoms with van der Waals surface area (Å²) in [5.41, 5.74) is 3.61. The van der Waals surface area contributed by atoms with Gasteiger partial charge in [0.05, 0.1) is 11.7 Å². The minimum absolute atomic E-state index is 0.0845. The third-order valence-corrected chi connectivity index (χ3v) is 6.81. The Hall–Kier alpha value is -3.68. The topological polar surface area (TPSA) is 70.4 Å². The summed E-state index contributed by atoms with van der Waals surface area (Å²) in [5.74, 6) is 1.37. The molecule has 2 atom stereocenters. The Bertz CT molecular complexity index is 1380. The average Bonchev–Trinajstić information content (AvgIpc) is 3.50. The van der Waals surface area contributed by atoms with Gasteiger partial charge >= 0.3 is 0 Å². The number of thiocarbonyl (C=S) groups is 1. The molecule has 8 heteroatoms. The molecule has 0 aliphatic carbocycles. The third kappa shape index (κ3) is 5.12. The van der Waals surface area contributed by atoms with Crippen molar-refractivity contribution in [3.8, 4) is 11.3 Å². The van der Waals surface area contributed by atoms with Gasteiger partial charge in [0.2, 0.25) is 5.91 Å². The predicted octanol–water partition coefficient (Wildman–Crippen LogP) is 6.30. The Labute approximate surface area is 220 Å². The van der Waals surface area contributed by atoms with Gasteiger partial charge in [-0.05, 0) is 73.2 Å². The van der Waals surface area contributed by atoms with E-state index in [9.17, 15) is 4.79 Å². The number of carbonyl (C=O) groups excluding carboxylic acids is 1. The number of anilines is 1. The van der Waals surface area contributed by atoms with E-state index in [-0.39, 0.29) is 24.4 Å². The number of carbonyl (C=O) groups is 1. The lowest BCUT2D eigenvalue weighted by molar-refractivity contribution is -0.116. The zero-order chi connectivity index (χ0) is 25.1. The van der Waals surface area contributed by atoms with Crippen molar-refractivity contribution in [2.45, 2.75) is 25.4 Å². The molecule has 1 aliphatic heterocycles. The van der Waals surface area contributed by atoms with Crippen molar-refractivity contribution in [2.24, 2.45) is 0 Å². The minimum Gasteiger partial charge on any atom is -0.459 e. The van der Waals surface area contributed by atoms with Crippen LogP contribution in [0, 0.1) is 6.92 Å². The van der Waals surface area contributed by atoms with Crippen molar-refractivity contribution >= 4 is 40.5 Å². The fourth-order valence-corrected chi connectivity index (χ4v) is 4.94. The van der Waals surface area contributed by atoms with E-state index >= 15 is 0 Å². The van der Waals surface area contributed by atoms with Crippen LogP contribution in [0.1, 0.15) is 35.5 Å². The van der Waals surface area contributed by atoms with Gasteiger partial charge in [-0.2, -0.15) is 0 Å². The molecule has 0 bridgehead atoms. The number of furan rings is 1. The highest BCUT2D eigenvalue weighted by molar-refractivity contribution is 7.80. The molecule has 1 aliphatic rings. The summed E-state index contributed by atoms with van der Waals surface area (Å²) in [5, 5.41) is 7.54. The first-order valence-corrected chi connectivity index (χ1v) is 12.5. The zero-order valence-electron chi connectivity index (χ0n) is 19.6. The van der Waals surface area contributed by atoms with Crippen LogP contribution >= 0.6 is 23.8 Å². The molecule has 0 unspecified atom stereocenters. The molecule has 0 radical (unpaired) electrons. The van der Waals surface area contributed by atoms with Gasteiger partial charge in [-0.25, -0.2) is 0 Å². The van der Waals surface area contributed by atoms with Crippen LogP contribution in [-0.4, -0.2) is 27.4 Å². The molecule has 0 saturated carbocycles. The van der Waals surface area contributed by atoms with Crippen molar-refractivity contribution in [1.29, 1.82) is 0 Å². The average molecular weight is 517 g/mol. The SMILES string of the molecule is Cc1ccc(Cl)cc1-c1ccc([C@H]2[C@@H](c3ccccn3)NC(=S)N2CCC(=O)Nc2ccccc2)o1. The van der Waals surface area contributed by atoms with Gasteiger partial charge in [0.15, 0.2) is 5.11 Å². The standard InChI is InChI=1S/C28H25ClN4O2S/c1-18-10-11-19(29)17-21(18)23-12-13-24(35-23)27-26(22-9-5-6-15-30-22)32-28(36)33(27)16-14-25(34)31-20-7-3-2-4-8-20/h2-13,15,17,26-27H,14,16H2,1H3,(H,31,34)(H,32,36)/t26-,27+/m1/s1. The molecular formula is C28H25ClN4O2S. The molecule has 2 aromatic heterocycles. The molecule has 36 heavy (non-hydrogen) atoms. The van der Waals surface area contributed by atoms with E-state index in [0.717, 1.165) is 34.0 Å². The highest BCUT2D eigenvalue weighted by atomic mass is 35.5. The fourth-order valence-electron chi connectivity index (χ4n) is 4.44. The van der Waals surface area contributed by atoms with Crippen molar-refractivity contribution in [2.75, 3.05) is 11.9 Å². The lowest BCUT2D eigenvalue weighted by atomic mass is 10.0. The number of amides is 1. The number of nitrogens with zero attached hydrogens (tertiary/aromatic N) is 2. The number of aromatic nitrogens is 1.